The van der Waals surface area contributed by atoms with Crippen LogP contribution in [0.4, 0.5) is 5.82 Å². The van der Waals surface area contributed by atoms with Crippen LogP contribution in [0.2, 0.25) is 0 Å². The number of aromatic amines is 1. The smallest absolute Gasteiger partial charge is 0.172 e. The molecule has 0 amide bonds. The first-order valence-electron chi connectivity index (χ1n) is 9.03. The van der Waals surface area contributed by atoms with Crippen molar-refractivity contribution in [1.29, 1.82) is 0 Å². The van der Waals surface area contributed by atoms with Crippen molar-refractivity contribution in [3.8, 4) is 11.3 Å². The van der Waals surface area contributed by atoms with Crippen LogP contribution in [-0.2, 0) is 6.42 Å². The van der Waals surface area contributed by atoms with E-state index in [2.05, 4.69) is 66.9 Å². The molecule has 0 spiro atoms. The largest absolute Gasteiger partial charge is 0.370 e. The molecule has 7 heteroatoms. The van der Waals surface area contributed by atoms with Crippen molar-refractivity contribution in [2.24, 2.45) is 0 Å². The first-order valence-corrected chi connectivity index (χ1v) is 9.83. The van der Waals surface area contributed by atoms with Gasteiger partial charge in [-0.25, -0.2) is 4.98 Å². The SMILES string of the molecule is Brc1cnn2c(NCCc3ccc4[nH]ncc4c3)cc(-c3ccccc3)nc12. The lowest BCUT2D eigenvalue weighted by molar-refractivity contribution is 0.915. The molecule has 0 bridgehead atoms. The van der Waals surface area contributed by atoms with Crippen molar-refractivity contribution in [2.75, 3.05) is 11.9 Å². The summed E-state index contributed by atoms with van der Waals surface area (Å²) in [5, 5.41) is 16.2. The van der Waals surface area contributed by atoms with Gasteiger partial charge in [0.15, 0.2) is 5.65 Å². The van der Waals surface area contributed by atoms with Gasteiger partial charge in [-0.3, -0.25) is 5.10 Å². The van der Waals surface area contributed by atoms with Crippen LogP contribution in [0, 0.1) is 0 Å². The Balaban J connectivity index is 1.42. The molecule has 3 aromatic heterocycles. The van der Waals surface area contributed by atoms with Gasteiger partial charge in [0.05, 0.1) is 28.1 Å². The number of halogens is 1. The monoisotopic (exact) mass is 432 g/mol. The zero-order valence-electron chi connectivity index (χ0n) is 14.9. The van der Waals surface area contributed by atoms with Crippen LogP contribution in [0.5, 0.6) is 0 Å². The van der Waals surface area contributed by atoms with Crippen molar-refractivity contribution in [3.05, 3.63) is 77.0 Å². The fraction of sp³-hybridized carbons (Fsp3) is 0.0952. The molecular weight excluding hydrogens is 416 g/mol. The first-order chi connectivity index (χ1) is 13.8. The summed E-state index contributed by atoms with van der Waals surface area (Å²) in [6.45, 7) is 0.786. The standard InChI is InChI=1S/C21H17BrN6/c22-17-13-25-28-20(11-19(26-21(17)28)15-4-2-1-3-5-15)23-9-8-14-6-7-18-16(10-14)12-24-27-18/h1-7,10-13,23H,8-9H2,(H,24,27). The minimum Gasteiger partial charge on any atom is -0.370 e. The summed E-state index contributed by atoms with van der Waals surface area (Å²) in [4.78, 5) is 4.76. The summed E-state index contributed by atoms with van der Waals surface area (Å²) in [5.41, 5.74) is 5.10. The maximum atomic E-state index is 4.76. The van der Waals surface area contributed by atoms with Crippen LogP contribution in [0.15, 0.2) is 71.5 Å². The molecular formula is C21H17BrN6. The quantitative estimate of drug-likeness (QED) is 0.422. The molecule has 0 saturated heterocycles. The highest BCUT2D eigenvalue weighted by molar-refractivity contribution is 9.10. The molecule has 0 radical (unpaired) electrons. The normalized spacial score (nSPS) is 11.3. The molecule has 6 nitrogen and oxygen atoms in total. The molecule has 138 valence electrons. The Labute approximate surface area is 169 Å². The Morgan fingerprint density at radius 3 is 2.82 bits per heavy atom. The van der Waals surface area contributed by atoms with Crippen LogP contribution in [0.1, 0.15) is 5.56 Å². The maximum Gasteiger partial charge on any atom is 0.172 e. The van der Waals surface area contributed by atoms with Gasteiger partial charge in [-0.15, -0.1) is 0 Å². The summed E-state index contributed by atoms with van der Waals surface area (Å²) < 4.78 is 2.70. The number of hydrogen-bond donors (Lipinski definition) is 2. The molecule has 0 atom stereocenters. The second-order valence-corrected chi connectivity index (χ2v) is 7.44. The molecule has 5 aromatic rings. The zero-order valence-corrected chi connectivity index (χ0v) is 16.5. The highest BCUT2D eigenvalue weighted by Gasteiger charge is 2.11. The molecule has 0 saturated carbocycles. The van der Waals surface area contributed by atoms with E-state index in [0.717, 1.165) is 51.1 Å². The van der Waals surface area contributed by atoms with Crippen LogP contribution in [-0.4, -0.2) is 31.3 Å². The molecule has 0 aliphatic carbocycles. The van der Waals surface area contributed by atoms with Gasteiger partial charge in [0.2, 0.25) is 0 Å². The number of anilines is 1. The third-order valence-corrected chi connectivity index (χ3v) is 5.28. The third kappa shape index (κ3) is 3.14. The van der Waals surface area contributed by atoms with Crippen LogP contribution in [0.25, 0.3) is 27.8 Å². The van der Waals surface area contributed by atoms with E-state index in [4.69, 9.17) is 4.98 Å². The van der Waals surface area contributed by atoms with Gasteiger partial charge in [-0.05, 0) is 40.0 Å². The van der Waals surface area contributed by atoms with Gasteiger partial charge < -0.3 is 5.32 Å². The number of aromatic nitrogens is 5. The summed E-state index contributed by atoms with van der Waals surface area (Å²) >= 11 is 3.55. The number of fused-ring (bicyclic) bond motifs is 2. The summed E-state index contributed by atoms with van der Waals surface area (Å²) in [6, 6.07) is 18.6. The van der Waals surface area contributed by atoms with E-state index < -0.39 is 0 Å². The first kappa shape index (κ1) is 16.9. The highest BCUT2D eigenvalue weighted by Crippen LogP contribution is 2.25. The van der Waals surface area contributed by atoms with Crippen molar-refractivity contribution < 1.29 is 0 Å². The average Bonchev–Trinajstić information content (AvgIpc) is 3.35. The molecule has 28 heavy (non-hydrogen) atoms. The molecule has 2 aromatic carbocycles. The minimum atomic E-state index is 0.786. The Morgan fingerprint density at radius 2 is 1.93 bits per heavy atom. The Morgan fingerprint density at radius 1 is 1.04 bits per heavy atom. The lowest BCUT2D eigenvalue weighted by Gasteiger charge is -2.11. The van der Waals surface area contributed by atoms with Gasteiger partial charge in [0.25, 0.3) is 0 Å². The predicted molar refractivity (Wildman–Crippen MR) is 114 cm³/mol. The number of nitrogens with one attached hydrogen (secondary N) is 2. The van der Waals surface area contributed by atoms with Crippen molar-refractivity contribution in [2.45, 2.75) is 6.42 Å². The maximum absolute atomic E-state index is 4.76. The molecule has 0 aliphatic heterocycles. The Kier molecular flexibility index (Phi) is 4.29. The minimum absolute atomic E-state index is 0.786. The number of hydrogen-bond acceptors (Lipinski definition) is 4. The highest BCUT2D eigenvalue weighted by atomic mass is 79.9. The lowest BCUT2D eigenvalue weighted by Crippen LogP contribution is -2.10. The number of rotatable bonds is 5. The molecule has 2 N–H and O–H groups in total. The summed E-state index contributed by atoms with van der Waals surface area (Å²) in [7, 11) is 0. The summed E-state index contributed by atoms with van der Waals surface area (Å²) in [5.74, 6) is 0.916. The van der Waals surface area contributed by atoms with E-state index in [1.807, 2.05) is 35.0 Å². The van der Waals surface area contributed by atoms with Crippen LogP contribution < -0.4 is 5.32 Å². The number of H-pyrrole nitrogens is 1. The van der Waals surface area contributed by atoms with Crippen molar-refractivity contribution in [3.63, 3.8) is 0 Å². The van der Waals surface area contributed by atoms with E-state index in [0.29, 0.717) is 0 Å². The second kappa shape index (κ2) is 7.09. The van der Waals surface area contributed by atoms with Gasteiger partial charge in [-0.1, -0.05) is 36.4 Å². The molecule has 0 unspecified atom stereocenters. The fourth-order valence-electron chi connectivity index (χ4n) is 3.30. The van der Waals surface area contributed by atoms with Crippen LogP contribution in [0.3, 0.4) is 0 Å². The zero-order chi connectivity index (χ0) is 18.9. The number of benzene rings is 2. The average molecular weight is 433 g/mol. The van der Waals surface area contributed by atoms with Gasteiger partial charge in [-0.2, -0.15) is 14.7 Å². The number of nitrogens with zero attached hydrogens (tertiary/aromatic N) is 4. The molecule has 5 rings (SSSR count). The van der Waals surface area contributed by atoms with E-state index in [1.54, 1.807) is 6.20 Å². The molecule has 0 aliphatic rings. The van der Waals surface area contributed by atoms with E-state index in [9.17, 15) is 0 Å². The van der Waals surface area contributed by atoms with Crippen molar-refractivity contribution >= 4 is 38.3 Å². The third-order valence-electron chi connectivity index (χ3n) is 4.72. The lowest BCUT2D eigenvalue weighted by atomic mass is 10.1. The molecule has 3 heterocycles. The van der Waals surface area contributed by atoms with E-state index in [1.165, 1.54) is 5.56 Å². The topological polar surface area (TPSA) is 70.9 Å². The van der Waals surface area contributed by atoms with E-state index >= 15 is 0 Å². The summed E-state index contributed by atoms with van der Waals surface area (Å²) in [6.07, 6.45) is 4.52. The van der Waals surface area contributed by atoms with Gasteiger partial charge in [0, 0.05) is 23.6 Å². The van der Waals surface area contributed by atoms with Gasteiger partial charge >= 0.3 is 0 Å². The molecule has 0 fully saturated rings. The van der Waals surface area contributed by atoms with Crippen LogP contribution >= 0.6 is 15.9 Å². The second-order valence-electron chi connectivity index (χ2n) is 6.59. The van der Waals surface area contributed by atoms with E-state index in [-0.39, 0.29) is 0 Å². The predicted octanol–water partition coefficient (Wildman–Crippen LogP) is 4.69. The Bertz CT molecular complexity index is 1260. The van der Waals surface area contributed by atoms with Crippen molar-refractivity contribution in [1.82, 2.24) is 24.8 Å². The van der Waals surface area contributed by atoms with Gasteiger partial charge in [0.1, 0.15) is 5.82 Å². The Hall–Kier alpha value is -3.19. The fourth-order valence-corrected chi connectivity index (χ4v) is 3.65.